The SMILES string of the molecule is CC(=O)OCC1=C(C(=O)OCCCC(=O)OC2CCN(c3c(F)cc4c(=O)c(C(=O)O)cn5c4c3CCC5C)CC2)N2C(=O)[C@H](NC(=O)Cc3cccs3)[C@@H]2SC1. The van der Waals surface area contributed by atoms with Gasteiger partial charge in [0, 0.05) is 78.7 Å². The number of esters is 3. The number of carboxylic acid groups (broad SMARTS) is 1. The van der Waals surface area contributed by atoms with Crippen LogP contribution in [0.5, 0.6) is 0 Å². The number of β-lactam (4-membered cyclic amide) rings is 1. The number of pyridine rings is 1. The third-order valence-corrected chi connectivity index (χ3v) is 12.8. The number of halogens is 1. The van der Waals surface area contributed by atoms with Crippen LogP contribution in [0.3, 0.4) is 0 Å². The molecule has 57 heavy (non-hydrogen) atoms. The predicted octanol–water partition coefficient (Wildman–Crippen LogP) is 3.70. The summed E-state index contributed by atoms with van der Waals surface area (Å²) in [5, 5.41) is 13.7. The van der Waals surface area contributed by atoms with Crippen LogP contribution in [-0.2, 0) is 51.0 Å². The highest BCUT2D eigenvalue weighted by atomic mass is 32.2. The quantitative estimate of drug-likeness (QED) is 0.110. The minimum absolute atomic E-state index is 0.0390. The topological polar surface area (TPSA) is 191 Å². The maximum atomic E-state index is 15.7. The summed E-state index contributed by atoms with van der Waals surface area (Å²) in [6.45, 7) is 3.56. The van der Waals surface area contributed by atoms with Crippen molar-refractivity contribution in [3.8, 4) is 0 Å². The van der Waals surface area contributed by atoms with E-state index in [1.807, 2.05) is 29.3 Å². The van der Waals surface area contributed by atoms with Crippen LogP contribution < -0.4 is 15.6 Å². The van der Waals surface area contributed by atoms with Crippen LogP contribution in [-0.4, -0.2) is 99.8 Å². The predicted molar refractivity (Wildman–Crippen MR) is 206 cm³/mol. The molecular formula is C39H41FN4O11S2. The lowest BCUT2D eigenvalue weighted by molar-refractivity contribution is -0.154. The number of amides is 2. The molecule has 2 aromatic heterocycles. The molecule has 1 unspecified atom stereocenters. The first kappa shape index (κ1) is 40.0. The second kappa shape index (κ2) is 16.7. The average molecular weight is 825 g/mol. The number of carbonyl (C=O) groups is 6. The van der Waals surface area contributed by atoms with E-state index in [9.17, 15) is 38.7 Å². The molecule has 2 amide bonds. The molecule has 2 saturated heterocycles. The van der Waals surface area contributed by atoms with Crippen molar-refractivity contribution in [2.75, 3.05) is 37.0 Å². The number of aryl methyl sites for hydroxylation is 1. The van der Waals surface area contributed by atoms with Crippen LogP contribution in [0.25, 0.3) is 10.9 Å². The van der Waals surface area contributed by atoms with Crippen molar-refractivity contribution in [2.24, 2.45) is 0 Å². The molecule has 0 bridgehead atoms. The number of thiophene rings is 1. The highest BCUT2D eigenvalue weighted by Crippen LogP contribution is 2.41. The van der Waals surface area contributed by atoms with Gasteiger partial charge in [-0.25, -0.2) is 14.0 Å². The Morgan fingerprint density at radius 3 is 2.56 bits per heavy atom. The monoisotopic (exact) mass is 824 g/mol. The van der Waals surface area contributed by atoms with Crippen molar-refractivity contribution in [3.05, 3.63) is 73.1 Å². The highest BCUT2D eigenvalue weighted by molar-refractivity contribution is 8.00. The number of hydrogen-bond donors (Lipinski definition) is 2. The van der Waals surface area contributed by atoms with Gasteiger partial charge in [-0.3, -0.25) is 28.9 Å². The summed E-state index contributed by atoms with van der Waals surface area (Å²) in [6, 6.07) is 3.88. The molecule has 7 rings (SSSR count). The van der Waals surface area contributed by atoms with Gasteiger partial charge in [-0.05, 0) is 43.7 Å². The Bertz CT molecular complexity index is 2230. The van der Waals surface area contributed by atoms with Gasteiger partial charge < -0.3 is 34.1 Å². The largest absolute Gasteiger partial charge is 0.477 e. The number of carboxylic acids is 1. The van der Waals surface area contributed by atoms with Crippen LogP contribution in [0.2, 0.25) is 0 Å². The first-order chi connectivity index (χ1) is 27.3. The van der Waals surface area contributed by atoms with Gasteiger partial charge in [0.2, 0.25) is 11.3 Å². The molecular weight excluding hydrogens is 784 g/mol. The van der Waals surface area contributed by atoms with Crippen LogP contribution in [0.1, 0.15) is 72.8 Å². The van der Waals surface area contributed by atoms with Crippen LogP contribution in [0.15, 0.2) is 45.8 Å². The Hall–Kier alpha value is -5.23. The minimum atomic E-state index is -1.36. The second-order valence-corrected chi connectivity index (χ2v) is 16.6. The van der Waals surface area contributed by atoms with Crippen molar-refractivity contribution < 1.29 is 52.5 Å². The number of benzene rings is 1. The van der Waals surface area contributed by atoms with Crippen molar-refractivity contribution in [1.29, 1.82) is 0 Å². The van der Waals surface area contributed by atoms with Gasteiger partial charge in [0.15, 0.2) is 0 Å². The molecule has 4 aliphatic rings. The molecule has 3 aromatic rings. The Morgan fingerprint density at radius 1 is 1.09 bits per heavy atom. The summed E-state index contributed by atoms with van der Waals surface area (Å²) in [7, 11) is 0. The molecule has 6 heterocycles. The zero-order valence-corrected chi connectivity index (χ0v) is 32.9. The van der Waals surface area contributed by atoms with Crippen LogP contribution in [0, 0.1) is 5.82 Å². The summed E-state index contributed by atoms with van der Waals surface area (Å²) in [4.78, 5) is 92.4. The summed E-state index contributed by atoms with van der Waals surface area (Å²) in [6.07, 6.45) is 3.15. The van der Waals surface area contributed by atoms with Crippen molar-refractivity contribution in [1.82, 2.24) is 14.8 Å². The number of carbonyl (C=O) groups excluding carboxylic acids is 5. The zero-order valence-electron chi connectivity index (χ0n) is 31.2. The number of piperidine rings is 1. The zero-order chi connectivity index (χ0) is 40.5. The number of hydrogen-bond acceptors (Lipinski definition) is 13. The molecule has 2 fully saturated rings. The van der Waals surface area contributed by atoms with E-state index in [4.69, 9.17) is 14.2 Å². The lowest BCUT2D eigenvalue weighted by Gasteiger charge is -2.49. The molecule has 0 saturated carbocycles. The van der Waals surface area contributed by atoms with Gasteiger partial charge in [0.05, 0.1) is 24.2 Å². The highest BCUT2D eigenvalue weighted by Gasteiger charge is 2.54. The van der Waals surface area contributed by atoms with Gasteiger partial charge in [-0.1, -0.05) is 6.07 Å². The summed E-state index contributed by atoms with van der Waals surface area (Å²) in [5.41, 5.74) is 0.818. The molecule has 2 N–H and O–H groups in total. The molecule has 15 nitrogen and oxygen atoms in total. The van der Waals surface area contributed by atoms with E-state index < -0.39 is 64.1 Å². The maximum absolute atomic E-state index is 15.7. The van der Waals surface area contributed by atoms with E-state index in [1.54, 1.807) is 4.57 Å². The number of thioether (sulfide) groups is 1. The lowest BCUT2D eigenvalue weighted by Crippen LogP contribution is -2.70. The Kier molecular flexibility index (Phi) is 11.7. The van der Waals surface area contributed by atoms with E-state index in [0.717, 1.165) is 10.9 Å². The van der Waals surface area contributed by atoms with Gasteiger partial charge >= 0.3 is 23.9 Å². The smallest absolute Gasteiger partial charge is 0.355 e. The molecule has 18 heteroatoms. The number of rotatable bonds is 13. The van der Waals surface area contributed by atoms with E-state index >= 15 is 4.39 Å². The lowest BCUT2D eigenvalue weighted by atomic mass is 9.93. The van der Waals surface area contributed by atoms with Crippen molar-refractivity contribution in [2.45, 2.75) is 82.4 Å². The maximum Gasteiger partial charge on any atom is 0.355 e. The fraction of sp³-hybridized carbons (Fsp3) is 0.462. The van der Waals surface area contributed by atoms with Gasteiger partial charge in [-0.2, -0.15) is 0 Å². The number of aromatic carboxylic acids is 1. The summed E-state index contributed by atoms with van der Waals surface area (Å²) < 4.78 is 33.8. The molecule has 4 aliphatic heterocycles. The average Bonchev–Trinajstić information content (AvgIpc) is 3.69. The fourth-order valence-corrected chi connectivity index (χ4v) is 9.82. The molecule has 0 spiro atoms. The number of ether oxygens (including phenoxy) is 3. The van der Waals surface area contributed by atoms with Gasteiger partial charge in [0.25, 0.3) is 5.91 Å². The molecule has 302 valence electrons. The normalized spacial score (nSPS) is 20.5. The van der Waals surface area contributed by atoms with Gasteiger partial charge in [0.1, 0.15) is 41.2 Å². The summed E-state index contributed by atoms with van der Waals surface area (Å²) >= 11 is 2.76. The number of nitrogens with one attached hydrogen (secondary N) is 1. The minimum Gasteiger partial charge on any atom is -0.477 e. The van der Waals surface area contributed by atoms with Crippen LogP contribution in [0.4, 0.5) is 10.1 Å². The molecule has 3 atom stereocenters. The van der Waals surface area contributed by atoms with Crippen LogP contribution >= 0.6 is 23.1 Å². The Morgan fingerprint density at radius 2 is 1.86 bits per heavy atom. The third kappa shape index (κ3) is 8.14. The van der Waals surface area contributed by atoms with E-state index in [2.05, 4.69) is 5.32 Å². The number of anilines is 1. The second-order valence-electron chi connectivity index (χ2n) is 14.4. The fourth-order valence-electron chi connectivity index (χ4n) is 7.79. The molecule has 0 aliphatic carbocycles. The number of nitrogens with zero attached hydrogens (tertiary/aromatic N) is 3. The Labute approximate surface area is 334 Å². The standard InChI is InChI=1S/C39H41FN4O11S2/c1-20-7-8-25-33-26(35(48)27(38(50)51)17-43(20)33)16-28(40)34(25)42-11-9-23(10-12-42)55-30(47)6-3-13-53-39(52)32-22(18-54-21(2)45)19-57-37-31(36(49)44(32)37)41-29(46)15-24-5-4-14-56-24/h4-5,14,16-17,20,23,31,37H,3,6-13,15,18-19H2,1-2H3,(H,41,46)(H,50,51)/t20?,31-,37-/m0/s1. The summed E-state index contributed by atoms with van der Waals surface area (Å²) in [5.74, 6) is -4.37. The first-order valence-electron chi connectivity index (χ1n) is 18.7. The first-order valence-corrected chi connectivity index (χ1v) is 20.6. The van der Waals surface area contributed by atoms with E-state index in [-0.39, 0.29) is 61.3 Å². The molecule has 0 radical (unpaired) electrons. The molecule has 1 aromatic carbocycles. The van der Waals surface area contributed by atoms with E-state index in [0.29, 0.717) is 61.1 Å². The third-order valence-electron chi connectivity index (χ3n) is 10.6. The van der Waals surface area contributed by atoms with Crippen molar-refractivity contribution >= 4 is 75.4 Å². The Balaban J connectivity index is 0.916. The number of aromatic nitrogens is 1. The number of fused-ring (bicyclic) bond motifs is 1. The van der Waals surface area contributed by atoms with Gasteiger partial charge in [-0.15, -0.1) is 23.1 Å². The van der Waals surface area contributed by atoms with Crippen molar-refractivity contribution in [3.63, 3.8) is 0 Å². The van der Waals surface area contributed by atoms with E-state index in [1.165, 1.54) is 41.1 Å².